The highest BCUT2D eigenvalue weighted by atomic mass is 14.2. The summed E-state index contributed by atoms with van der Waals surface area (Å²) in [4.78, 5) is 0. The van der Waals surface area contributed by atoms with Gasteiger partial charge in [0.15, 0.2) is 0 Å². The maximum atomic E-state index is 3.77. The molecular formula is C10H19. The van der Waals surface area contributed by atoms with Gasteiger partial charge in [-0.15, -0.1) is 0 Å². The molecular weight excluding hydrogens is 120 g/mol. The van der Waals surface area contributed by atoms with Gasteiger partial charge >= 0.3 is 0 Å². The minimum absolute atomic E-state index is 0.358. The van der Waals surface area contributed by atoms with Crippen LogP contribution < -0.4 is 0 Å². The Morgan fingerprint density at radius 1 is 1.50 bits per heavy atom. The van der Waals surface area contributed by atoms with Crippen LogP contribution in [0.25, 0.3) is 0 Å². The van der Waals surface area contributed by atoms with Gasteiger partial charge < -0.3 is 0 Å². The molecule has 0 heterocycles. The molecule has 0 atom stereocenters. The summed E-state index contributed by atoms with van der Waals surface area (Å²) in [6, 6.07) is 0. The normalized spacial score (nSPS) is 13.9. The first-order valence-electron chi connectivity index (χ1n) is 4.01. The van der Waals surface area contributed by atoms with E-state index in [2.05, 4.69) is 34.6 Å². The number of hydrogen-bond acceptors (Lipinski definition) is 0. The van der Waals surface area contributed by atoms with Crippen LogP contribution in [0, 0.1) is 12.3 Å². The fraction of sp³-hybridized carbons (Fsp3) is 0.700. The van der Waals surface area contributed by atoms with Gasteiger partial charge in [-0.1, -0.05) is 38.8 Å². The maximum absolute atomic E-state index is 3.77. The quantitative estimate of drug-likeness (QED) is 0.560. The Balaban J connectivity index is 4.10. The van der Waals surface area contributed by atoms with Crippen LogP contribution in [-0.4, -0.2) is 0 Å². The smallest absolute Gasteiger partial charge is 0.0148 e. The van der Waals surface area contributed by atoms with E-state index in [9.17, 15) is 0 Å². The molecule has 0 N–H and O–H groups in total. The second kappa shape index (κ2) is 3.80. The minimum Gasteiger partial charge on any atom is -0.0848 e. The average molecular weight is 139 g/mol. The summed E-state index contributed by atoms with van der Waals surface area (Å²) < 4.78 is 0. The first-order chi connectivity index (χ1) is 4.54. The Kier molecular flexibility index (Phi) is 3.70. The third kappa shape index (κ3) is 2.55. The lowest BCUT2D eigenvalue weighted by atomic mass is 9.81. The van der Waals surface area contributed by atoms with Gasteiger partial charge in [0.1, 0.15) is 0 Å². The van der Waals surface area contributed by atoms with Gasteiger partial charge in [-0.25, -0.2) is 0 Å². The average Bonchev–Trinajstić information content (AvgIpc) is 1.86. The third-order valence-electron chi connectivity index (χ3n) is 2.25. The van der Waals surface area contributed by atoms with Gasteiger partial charge in [0.05, 0.1) is 0 Å². The molecule has 0 heteroatoms. The topological polar surface area (TPSA) is 0 Å². The fourth-order valence-corrected chi connectivity index (χ4v) is 1.10. The molecule has 0 saturated carbocycles. The van der Waals surface area contributed by atoms with Crippen molar-refractivity contribution in [2.45, 2.75) is 40.5 Å². The van der Waals surface area contributed by atoms with E-state index in [0.29, 0.717) is 5.41 Å². The number of allylic oxidation sites excluding steroid dienone is 2. The van der Waals surface area contributed by atoms with E-state index >= 15 is 0 Å². The highest BCUT2D eigenvalue weighted by Gasteiger charge is 2.17. The second-order valence-corrected chi connectivity index (χ2v) is 3.52. The van der Waals surface area contributed by atoms with E-state index in [1.807, 2.05) is 6.08 Å². The van der Waals surface area contributed by atoms with Crippen LogP contribution in [0.3, 0.4) is 0 Å². The van der Waals surface area contributed by atoms with Crippen molar-refractivity contribution in [1.29, 1.82) is 0 Å². The van der Waals surface area contributed by atoms with E-state index in [1.165, 1.54) is 18.4 Å². The van der Waals surface area contributed by atoms with Crippen molar-refractivity contribution >= 4 is 0 Å². The lowest BCUT2D eigenvalue weighted by molar-refractivity contribution is 0.403. The molecule has 0 aliphatic carbocycles. The highest BCUT2D eigenvalue weighted by Crippen LogP contribution is 2.30. The molecule has 10 heavy (non-hydrogen) atoms. The van der Waals surface area contributed by atoms with Crippen molar-refractivity contribution in [2.75, 3.05) is 0 Å². The lowest BCUT2D eigenvalue weighted by Gasteiger charge is -2.24. The standard InChI is InChI=1S/C10H19/c1-6-8-10(4,5)9(3)7-2/h7H,2,6,8H2,1,3-5H3. The Hall–Kier alpha value is -0.260. The Morgan fingerprint density at radius 3 is 2.30 bits per heavy atom. The molecule has 0 fully saturated rings. The summed E-state index contributed by atoms with van der Waals surface area (Å²) >= 11 is 0. The molecule has 0 amide bonds. The van der Waals surface area contributed by atoms with E-state index < -0.39 is 0 Å². The van der Waals surface area contributed by atoms with Crippen LogP contribution in [0.2, 0.25) is 0 Å². The molecule has 0 bridgehead atoms. The van der Waals surface area contributed by atoms with E-state index in [1.54, 1.807) is 0 Å². The zero-order valence-corrected chi connectivity index (χ0v) is 7.70. The van der Waals surface area contributed by atoms with E-state index in [4.69, 9.17) is 0 Å². The number of hydrogen-bond donors (Lipinski definition) is 0. The van der Waals surface area contributed by atoms with Crippen molar-refractivity contribution in [2.24, 2.45) is 5.41 Å². The molecule has 0 nitrogen and oxygen atoms in total. The van der Waals surface area contributed by atoms with Gasteiger partial charge in [-0.2, -0.15) is 0 Å². The van der Waals surface area contributed by atoms with Crippen molar-refractivity contribution in [3.63, 3.8) is 0 Å². The molecule has 0 aromatic carbocycles. The molecule has 1 radical (unpaired) electrons. The van der Waals surface area contributed by atoms with E-state index in [-0.39, 0.29) is 0 Å². The first-order valence-corrected chi connectivity index (χ1v) is 4.01. The molecule has 0 unspecified atom stereocenters. The van der Waals surface area contributed by atoms with Gasteiger partial charge in [0.2, 0.25) is 0 Å². The van der Waals surface area contributed by atoms with Crippen molar-refractivity contribution in [1.82, 2.24) is 0 Å². The molecule has 0 aromatic heterocycles. The van der Waals surface area contributed by atoms with E-state index in [0.717, 1.165) is 0 Å². The fourth-order valence-electron chi connectivity index (χ4n) is 1.10. The van der Waals surface area contributed by atoms with Crippen LogP contribution in [0.15, 0.2) is 11.6 Å². The Labute approximate surface area is 65.3 Å². The zero-order chi connectivity index (χ0) is 8.20. The van der Waals surface area contributed by atoms with Crippen LogP contribution in [0.5, 0.6) is 0 Å². The SMILES string of the molecule is [CH2]C=C(C)C(C)(C)CCC. The Morgan fingerprint density at radius 2 is 2.00 bits per heavy atom. The Bertz CT molecular complexity index is 118. The minimum atomic E-state index is 0.358. The molecule has 0 aromatic rings. The molecule has 0 rings (SSSR count). The second-order valence-electron chi connectivity index (χ2n) is 3.52. The van der Waals surface area contributed by atoms with Gasteiger partial charge in [-0.3, -0.25) is 0 Å². The summed E-state index contributed by atoms with van der Waals surface area (Å²) in [6.45, 7) is 12.7. The van der Waals surface area contributed by atoms with Crippen LogP contribution >= 0.6 is 0 Å². The van der Waals surface area contributed by atoms with Crippen molar-refractivity contribution in [3.8, 4) is 0 Å². The van der Waals surface area contributed by atoms with Crippen LogP contribution in [-0.2, 0) is 0 Å². The van der Waals surface area contributed by atoms with Gasteiger partial charge in [0, 0.05) is 0 Å². The predicted octanol–water partition coefficient (Wildman–Crippen LogP) is 3.59. The van der Waals surface area contributed by atoms with Crippen LogP contribution in [0.4, 0.5) is 0 Å². The maximum Gasteiger partial charge on any atom is -0.0148 e. The van der Waals surface area contributed by atoms with Crippen molar-refractivity contribution < 1.29 is 0 Å². The summed E-state index contributed by atoms with van der Waals surface area (Å²) in [5, 5.41) is 0. The lowest BCUT2D eigenvalue weighted by Crippen LogP contribution is -2.11. The molecule has 0 spiro atoms. The summed E-state index contributed by atoms with van der Waals surface area (Å²) in [6.07, 6.45) is 4.47. The largest absolute Gasteiger partial charge is 0.0848 e. The third-order valence-corrected chi connectivity index (χ3v) is 2.25. The molecule has 0 saturated heterocycles. The predicted molar refractivity (Wildman–Crippen MR) is 47.8 cm³/mol. The molecule has 0 aliphatic heterocycles. The van der Waals surface area contributed by atoms with Gasteiger partial charge in [-0.05, 0) is 25.7 Å². The first kappa shape index (κ1) is 9.74. The monoisotopic (exact) mass is 139 g/mol. The van der Waals surface area contributed by atoms with Crippen molar-refractivity contribution in [3.05, 3.63) is 18.6 Å². The number of rotatable bonds is 3. The molecule has 59 valence electrons. The summed E-state index contributed by atoms with van der Waals surface area (Å²) in [5.74, 6) is 0. The summed E-state index contributed by atoms with van der Waals surface area (Å²) in [7, 11) is 0. The summed E-state index contributed by atoms with van der Waals surface area (Å²) in [5.41, 5.74) is 1.76. The molecule has 0 aliphatic rings. The van der Waals surface area contributed by atoms with Crippen LogP contribution in [0.1, 0.15) is 40.5 Å². The highest BCUT2D eigenvalue weighted by molar-refractivity contribution is 5.09. The zero-order valence-electron chi connectivity index (χ0n) is 7.70. The van der Waals surface area contributed by atoms with Gasteiger partial charge in [0.25, 0.3) is 0 Å².